The number of nitrogens with two attached hydrogens (primary N) is 1. The van der Waals surface area contributed by atoms with Crippen LogP contribution in [0.25, 0.3) is 0 Å². The van der Waals surface area contributed by atoms with Gasteiger partial charge in [-0.2, -0.15) is 0 Å². The molecule has 4 N–H and O–H groups in total. The van der Waals surface area contributed by atoms with E-state index in [9.17, 15) is 5.11 Å². The van der Waals surface area contributed by atoms with Crippen LogP contribution in [0.4, 0.5) is 0 Å². The molecular weight excluding hydrogens is 238 g/mol. The molecule has 0 spiro atoms. The summed E-state index contributed by atoms with van der Waals surface area (Å²) in [4.78, 5) is 0. The summed E-state index contributed by atoms with van der Waals surface area (Å²) in [6.45, 7) is 1.09. The SMILES string of the molecule is OCCC[NH2+][C@H](c1ccccc1)c1ccc(O)cc1. The Morgan fingerprint density at radius 2 is 1.53 bits per heavy atom. The first kappa shape index (κ1) is 13.6. The molecule has 2 rings (SSSR count). The summed E-state index contributed by atoms with van der Waals surface area (Å²) in [5, 5.41) is 20.5. The van der Waals surface area contributed by atoms with Crippen LogP contribution in [0, 0.1) is 0 Å². The molecule has 0 aliphatic heterocycles. The van der Waals surface area contributed by atoms with Gasteiger partial charge < -0.3 is 15.5 Å². The van der Waals surface area contributed by atoms with E-state index in [2.05, 4.69) is 17.4 Å². The molecule has 0 aromatic heterocycles. The molecule has 0 aliphatic rings. The van der Waals surface area contributed by atoms with Crippen LogP contribution in [0.15, 0.2) is 54.6 Å². The van der Waals surface area contributed by atoms with Gasteiger partial charge in [-0.15, -0.1) is 0 Å². The summed E-state index contributed by atoms with van der Waals surface area (Å²) in [6.07, 6.45) is 0.779. The minimum atomic E-state index is 0.202. The van der Waals surface area contributed by atoms with Crippen LogP contribution in [0.1, 0.15) is 23.6 Å². The summed E-state index contributed by atoms with van der Waals surface area (Å²) in [5.74, 6) is 0.283. The van der Waals surface area contributed by atoms with E-state index in [4.69, 9.17) is 5.11 Å². The second-order valence-electron chi connectivity index (χ2n) is 4.58. The highest BCUT2D eigenvalue weighted by molar-refractivity contribution is 5.33. The standard InChI is InChI=1S/C16H19NO2/c18-12-4-11-17-16(13-5-2-1-3-6-13)14-7-9-15(19)10-8-14/h1-3,5-10,16-19H,4,11-12H2/p+1/t16-/m1/s1. The average Bonchev–Trinajstić information content (AvgIpc) is 2.46. The Morgan fingerprint density at radius 3 is 2.16 bits per heavy atom. The molecule has 0 heterocycles. The lowest BCUT2D eigenvalue weighted by Gasteiger charge is -2.16. The highest BCUT2D eigenvalue weighted by atomic mass is 16.3. The van der Waals surface area contributed by atoms with Crippen molar-refractivity contribution in [2.75, 3.05) is 13.2 Å². The van der Waals surface area contributed by atoms with Crippen molar-refractivity contribution in [1.82, 2.24) is 0 Å². The van der Waals surface area contributed by atoms with E-state index < -0.39 is 0 Å². The summed E-state index contributed by atoms with van der Waals surface area (Å²) in [5.41, 5.74) is 2.38. The zero-order valence-electron chi connectivity index (χ0n) is 10.9. The number of phenols is 1. The minimum absolute atomic E-state index is 0.202. The molecule has 3 heteroatoms. The molecule has 100 valence electrons. The highest BCUT2D eigenvalue weighted by Gasteiger charge is 2.16. The zero-order chi connectivity index (χ0) is 13.5. The van der Waals surface area contributed by atoms with Crippen LogP contribution in [0.5, 0.6) is 5.75 Å². The molecule has 1 atom stereocenters. The third-order valence-corrected chi connectivity index (χ3v) is 3.18. The smallest absolute Gasteiger partial charge is 0.137 e. The predicted octanol–water partition coefficient (Wildman–Crippen LogP) is 1.43. The van der Waals surface area contributed by atoms with Gasteiger partial charge in [-0.1, -0.05) is 30.3 Å². The monoisotopic (exact) mass is 258 g/mol. The molecule has 0 aliphatic carbocycles. The Kier molecular flexibility index (Phi) is 4.95. The van der Waals surface area contributed by atoms with Gasteiger partial charge in [0.25, 0.3) is 0 Å². The second-order valence-corrected chi connectivity index (χ2v) is 4.58. The molecule has 0 saturated heterocycles. The van der Waals surface area contributed by atoms with Crippen molar-refractivity contribution >= 4 is 0 Å². The number of phenolic OH excluding ortho intramolecular Hbond substituents is 1. The van der Waals surface area contributed by atoms with Gasteiger partial charge in [0.05, 0.1) is 6.54 Å². The first-order valence-corrected chi connectivity index (χ1v) is 6.59. The van der Waals surface area contributed by atoms with Gasteiger partial charge in [0.1, 0.15) is 11.8 Å². The fraction of sp³-hybridized carbons (Fsp3) is 0.250. The minimum Gasteiger partial charge on any atom is -0.508 e. The van der Waals surface area contributed by atoms with E-state index in [1.807, 2.05) is 30.3 Å². The molecule has 19 heavy (non-hydrogen) atoms. The number of quaternary nitrogens is 1. The maximum atomic E-state index is 9.38. The number of aliphatic hydroxyl groups excluding tert-OH is 1. The van der Waals surface area contributed by atoms with E-state index in [1.165, 1.54) is 5.56 Å². The Balaban J connectivity index is 2.21. The van der Waals surface area contributed by atoms with Gasteiger partial charge in [-0.05, 0) is 24.3 Å². The van der Waals surface area contributed by atoms with Gasteiger partial charge >= 0.3 is 0 Å². The van der Waals surface area contributed by atoms with Crippen LogP contribution in [0.2, 0.25) is 0 Å². The average molecular weight is 258 g/mol. The van der Waals surface area contributed by atoms with E-state index >= 15 is 0 Å². The molecule has 0 bridgehead atoms. The summed E-state index contributed by atoms with van der Waals surface area (Å²) < 4.78 is 0. The third kappa shape index (κ3) is 3.81. The summed E-state index contributed by atoms with van der Waals surface area (Å²) in [7, 11) is 0. The van der Waals surface area contributed by atoms with Crippen molar-refractivity contribution < 1.29 is 15.5 Å². The Hall–Kier alpha value is -1.84. The number of hydrogen-bond donors (Lipinski definition) is 3. The first-order valence-electron chi connectivity index (χ1n) is 6.59. The maximum absolute atomic E-state index is 9.38. The van der Waals surface area contributed by atoms with E-state index in [0.717, 1.165) is 18.5 Å². The summed E-state index contributed by atoms with van der Waals surface area (Å²) in [6, 6.07) is 17.8. The van der Waals surface area contributed by atoms with Crippen molar-refractivity contribution in [3.8, 4) is 5.75 Å². The lowest BCUT2D eigenvalue weighted by Crippen LogP contribution is -2.85. The number of hydrogen-bond acceptors (Lipinski definition) is 2. The van der Waals surface area contributed by atoms with Crippen molar-refractivity contribution in [3.05, 3.63) is 65.7 Å². The van der Waals surface area contributed by atoms with Gasteiger partial charge in [-0.3, -0.25) is 0 Å². The summed E-state index contributed by atoms with van der Waals surface area (Å²) >= 11 is 0. The van der Waals surface area contributed by atoms with Crippen LogP contribution in [-0.4, -0.2) is 23.4 Å². The Morgan fingerprint density at radius 1 is 0.895 bits per heavy atom. The molecule has 0 amide bonds. The number of rotatable bonds is 6. The molecule has 3 nitrogen and oxygen atoms in total. The number of aromatic hydroxyl groups is 1. The van der Waals surface area contributed by atoms with E-state index in [1.54, 1.807) is 12.1 Å². The van der Waals surface area contributed by atoms with Gasteiger partial charge in [0, 0.05) is 24.2 Å². The van der Waals surface area contributed by atoms with Crippen molar-refractivity contribution in [3.63, 3.8) is 0 Å². The Labute approximate surface area is 113 Å². The van der Waals surface area contributed by atoms with Crippen LogP contribution in [-0.2, 0) is 0 Å². The molecule has 0 fully saturated rings. The largest absolute Gasteiger partial charge is 0.508 e. The lowest BCUT2D eigenvalue weighted by atomic mass is 9.98. The molecule has 0 saturated carbocycles. The molecular formula is C16H20NO2+. The highest BCUT2D eigenvalue weighted by Crippen LogP contribution is 2.20. The van der Waals surface area contributed by atoms with Gasteiger partial charge in [-0.25, -0.2) is 0 Å². The normalized spacial score (nSPS) is 12.3. The molecule has 0 radical (unpaired) electrons. The zero-order valence-corrected chi connectivity index (χ0v) is 10.9. The van der Waals surface area contributed by atoms with Crippen molar-refractivity contribution in [2.45, 2.75) is 12.5 Å². The van der Waals surface area contributed by atoms with Crippen LogP contribution in [0.3, 0.4) is 0 Å². The molecule has 0 unspecified atom stereocenters. The van der Waals surface area contributed by atoms with E-state index in [0.29, 0.717) is 0 Å². The maximum Gasteiger partial charge on any atom is 0.137 e. The lowest BCUT2D eigenvalue weighted by molar-refractivity contribution is -0.687. The second kappa shape index (κ2) is 6.92. The van der Waals surface area contributed by atoms with Crippen LogP contribution >= 0.6 is 0 Å². The first-order chi connectivity index (χ1) is 9.31. The van der Waals surface area contributed by atoms with Crippen molar-refractivity contribution in [1.29, 1.82) is 0 Å². The number of benzene rings is 2. The Bertz CT molecular complexity index is 482. The third-order valence-electron chi connectivity index (χ3n) is 3.18. The number of aliphatic hydroxyl groups is 1. The topological polar surface area (TPSA) is 57.1 Å². The van der Waals surface area contributed by atoms with Crippen molar-refractivity contribution in [2.24, 2.45) is 0 Å². The molecule has 2 aromatic rings. The van der Waals surface area contributed by atoms with Crippen LogP contribution < -0.4 is 5.32 Å². The fourth-order valence-electron chi connectivity index (χ4n) is 2.18. The van der Waals surface area contributed by atoms with Gasteiger partial charge in [0.2, 0.25) is 0 Å². The fourth-order valence-corrected chi connectivity index (χ4v) is 2.18. The van der Waals surface area contributed by atoms with Gasteiger partial charge in [0.15, 0.2) is 0 Å². The predicted molar refractivity (Wildman–Crippen MR) is 74.9 cm³/mol. The quantitative estimate of drug-likeness (QED) is 0.686. The molecule has 2 aromatic carbocycles. The van der Waals surface area contributed by atoms with E-state index in [-0.39, 0.29) is 18.4 Å².